The molecule has 1 aliphatic rings. The number of benzene rings is 3. The number of aliphatic hydroxyl groups is 4. The first-order valence-electron chi connectivity index (χ1n) is 11.0. The molecule has 3 aromatic rings. The maximum atomic E-state index is 13.4. The van der Waals surface area contributed by atoms with Gasteiger partial charge in [0.2, 0.25) is 6.29 Å². The van der Waals surface area contributed by atoms with Crippen molar-refractivity contribution in [1.82, 2.24) is 0 Å². The molecule has 11 heteroatoms. The summed E-state index contributed by atoms with van der Waals surface area (Å²) in [4.78, 5) is 13.4. The van der Waals surface area contributed by atoms with Crippen LogP contribution in [0.2, 0.25) is 5.02 Å². The average molecular weight is 520 g/mol. The molecule has 192 valence electrons. The molecule has 0 bridgehead atoms. The maximum absolute atomic E-state index is 13.4. The molecule has 10 nitrogen and oxygen atoms in total. The summed E-state index contributed by atoms with van der Waals surface area (Å²) < 4.78 is 21.9. The summed E-state index contributed by atoms with van der Waals surface area (Å²) in [5, 5.41) is 44.6. The van der Waals surface area contributed by atoms with E-state index >= 15 is 0 Å². The van der Waals surface area contributed by atoms with Crippen molar-refractivity contribution in [3.05, 3.63) is 59.1 Å². The van der Waals surface area contributed by atoms with Crippen LogP contribution in [0.25, 0.3) is 10.8 Å². The number of amides is 1. The number of nitrogens with one attached hydrogen (secondary N) is 1. The number of hydrogen-bond acceptors (Lipinski definition) is 9. The Morgan fingerprint density at radius 1 is 0.944 bits per heavy atom. The zero-order chi connectivity index (χ0) is 26.0. The van der Waals surface area contributed by atoms with Crippen LogP contribution < -0.4 is 19.5 Å². The van der Waals surface area contributed by atoms with E-state index in [2.05, 4.69) is 5.32 Å². The summed E-state index contributed by atoms with van der Waals surface area (Å²) >= 11 is 6.16. The number of rotatable bonds is 7. The zero-order valence-electron chi connectivity index (χ0n) is 19.4. The van der Waals surface area contributed by atoms with E-state index in [0.717, 1.165) is 10.8 Å². The van der Waals surface area contributed by atoms with Gasteiger partial charge in [0.1, 0.15) is 41.7 Å². The largest absolute Gasteiger partial charge is 0.495 e. The Morgan fingerprint density at radius 3 is 2.25 bits per heavy atom. The summed E-state index contributed by atoms with van der Waals surface area (Å²) in [7, 11) is 2.87. The lowest BCUT2D eigenvalue weighted by Crippen LogP contribution is -2.60. The highest BCUT2D eigenvalue weighted by molar-refractivity contribution is 6.32. The second kappa shape index (κ2) is 10.9. The fourth-order valence-corrected chi connectivity index (χ4v) is 4.16. The van der Waals surface area contributed by atoms with Gasteiger partial charge in [-0.25, -0.2) is 0 Å². The minimum absolute atomic E-state index is 0.0374. The number of aliphatic hydroxyl groups excluding tert-OH is 4. The van der Waals surface area contributed by atoms with Gasteiger partial charge in [-0.05, 0) is 22.9 Å². The van der Waals surface area contributed by atoms with E-state index in [1.165, 1.54) is 26.4 Å². The van der Waals surface area contributed by atoms with Crippen molar-refractivity contribution in [2.75, 3.05) is 26.1 Å². The zero-order valence-corrected chi connectivity index (χ0v) is 20.2. The number of halogens is 1. The van der Waals surface area contributed by atoms with E-state index in [4.69, 9.17) is 30.5 Å². The van der Waals surface area contributed by atoms with Crippen molar-refractivity contribution < 1.29 is 44.2 Å². The normalized spacial score (nSPS) is 23.8. The molecule has 36 heavy (non-hydrogen) atoms. The molecule has 0 aromatic heterocycles. The maximum Gasteiger partial charge on any atom is 0.259 e. The first kappa shape index (κ1) is 26.0. The molecule has 0 spiro atoms. The van der Waals surface area contributed by atoms with Gasteiger partial charge in [0.25, 0.3) is 5.91 Å². The topological polar surface area (TPSA) is 147 Å². The van der Waals surface area contributed by atoms with Crippen molar-refractivity contribution in [3.63, 3.8) is 0 Å². The second-order valence-corrected chi connectivity index (χ2v) is 8.56. The Balaban J connectivity index is 1.72. The van der Waals surface area contributed by atoms with Crippen molar-refractivity contribution in [2.24, 2.45) is 0 Å². The fraction of sp³-hybridized carbons (Fsp3) is 0.320. The molecular formula is C25H26ClNO9. The molecule has 1 aliphatic heterocycles. The second-order valence-electron chi connectivity index (χ2n) is 8.15. The molecule has 1 fully saturated rings. The Hall–Kier alpha value is -3.12. The molecule has 0 radical (unpaired) electrons. The van der Waals surface area contributed by atoms with E-state index < -0.39 is 43.2 Å². The highest BCUT2D eigenvalue weighted by Crippen LogP contribution is 2.37. The van der Waals surface area contributed by atoms with Gasteiger partial charge >= 0.3 is 0 Å². The van der Waals surface area contributed by atoms with Crippen LogP contribution in [0.5, 0.6) is 17.2 Å². The SMILES string of the molecule is COc1cc(NC(=O)c2cc3ccccc3cc2O[C@H]2O[C@@H](CO)[C@@H](O)[C@@H](O)[C@H]2O)c(OC)cc1Cl. The predicted octanol–water partition coefficient (Wildman–Crippen LogP) is 1.94. The first-order chi connectivity index (χ1) is 17.3. The minimum atomic E-state index is -1.65. The molecule has 1 saturated heterocycles. The summed E-state index contributed by atoms with van der Waals surface area (Å²) in [5.41, 5.74) is 0.373. The summed E-state index contributed by atoms with van der Waals surface area (Å²) in [5.74, 6) is 0.0776. The number of ether oxygens (including phenoxy) is 4. The van der Waals surface area contributed by atoms with Crippen molar-refractivity contribution >= 4 is 34.0 Å². The Bertz CT molecular complexity index is 1250. The highest BCUT2D eigenvalue weighted by atomic mass is 35.5. The fourth-order valence-electron chi connectivity index (χ4n) is 3.93. The Labute approximate surface area is 211 Å². The van der Waals surface area contributed by atoms with Crippen LogP contribution in [-0.2, 0) is 4.74 Å². The number of anilines is 1. The third-order valence-electron chi connectivity index (χ3n) is 5.91. The van der Waals surface area contributed by atoms with Gasteiger partial charge < -0.3 is 44.7 Å². The van der Waals surface area contributed by atoms with Gasteiger partial charge in [-0.1, -0.05) is 35.9 Å². The lowest BCUT2D eigenvalue weighted by Gasteiger charge is -2.39. The van der Waals surface area contributed by atoms with Gasteiger partial charge in [0, 0.05) is 12.1 Å². The summed E-state index contributed by atoms with van der Waals surface area (Å²) in [6.45, 7) is -0.617. The van der Waals surface area contributed by atoms with Crippen LogP contribution in [0.4, 0.5) is 5.69 Å². The number of methoxy groups -OCH3 is 2. The molecule has 5 N–H and O–H groups in total. The average Bonchev–Trinajstić information content (AvgIpc) is 2.89. The number of carbonyl (C=O) groups excluding carboxylic acids is 1. The third kappa shape index (κ3) is 5.05. The summed E-state index contributed by atoms with van der Waals surface area (Å²) in [6.07, 6.45) is -7.47. The van der Waals surface area contributed by atoms with Gasteiger partial charge in [-0.2, -0.15) is 0 Å². The van der Waals surface area contributed by atoms with E-state index in [-0.39, 0.29) is 17.0 Å². The molecule has 5 atom stereocenters. The quantitative estimate of drug-likeness (QED) is 0.316. The minimum Gasteiger partial charge on any atom is -0.495 e. The molecule has 0 unspecified atom stereocenters. The molecule has 3 aromatic carbocycles. The monoisotopic (exact) mass is 519 g/mol. The summed E-state index contributed by atoms with van der Waals surface area (Å²) in [6, 6.07) is 13.5. The van der Waals surface area contributed by atoms with E-state index in [0.29, 0.717) is 16.5 Å². The first-order valence-corrected chi connectivity index (χ1v) is 11.4. The molecule has 1 amide bonds. The molecule has 4 rings (SSSR count). The molecule has 1 heterocycles. The van der Waals surface area contributed by atoms with E-state index in [1.807, 2.05) is 24.3 Å². The van der Waals surface area contributed by atoms with Crippen LogP contribution in [0, 0.1) is 0 Å². The van der Waals surface area contributed by atoms with E-state index in [1.54, 1.807) is 12.1 Å². The standard InChI is InChI=1S/C25H26ClNO9/c1-33-18-10-16(19(34-2)9-15(18)26)27-24(32)14-7-12-5-3-4-6-13(12)8-17(14)35-25-23(31)22(30)21(29)20(11-28)36-25/h3-10,20-23,25,28-31H,11H2,1-2H3,(H,27,32)/t20-,21+,22+,23+,25-/m0/s1. The van der Waals surface area contributed by atoms with Crippen molar-refractivity contribution in [1.29, 1.82) is 0 Å². The molecule has 0 aliphatic carbocycles. The number of carbonyl (C=O) groups is 1. The molecule has 0 saturated carbocycles. The van der Waals surface area contributed by atoms with Crippen molar-refractivity contribution in [3.8, 4) is 17.2 Å². The van der Waals surface area contributed by atoms with Gasteiger partial charge in [-0.15, -0.1) is 0 Å². The van der Waals surface area contributed by atoms with Gasteiger partial charge in [0.15, 0.2) is 0 Å². The third-order valence-corrected chi connectivity index (χ3v) is 6.20. The Morgan fingerprint density at radius 2 is 1.61 bits per heavy atom. The van der Waals surface area contributed by atoms with E-state index in [9.17, 15) is 25.2 Å². The number of hydrogen-bond donors (Lipinski definition) is 5. The van der Waals surface area contributed by atoms with Crippen molar-refractivity contribution in [2.45, 2.75) is 30.7 Å². The Kier molecular flexibility index (Phi) is 7.84. The van der Waals surface area contributed by atoms with Gasteiger partial charge in [0.05, 0.1) is 37.1 Å². The van der Waals surface area contributed by atoms with Gasteiger partial charge in [-0.3, -0.25) is 4.79 Å². The van der Waals surface area contributed by atoms with Crippen LogP contribution >= 0.6 is 11.6 Å². The van der Waals surface area contributed by atoms with Crippen LogP contribution in [0.1, 0.15) is 10.4 Å². The van der Waals surface area contributed by atoms with Crippen LogP contribution in [0.15, 0.2) is 48.5 Å². The molecular weight excluding hydrogens is 494 g/mol. The smallest absolute Gasteiger partial charge is 0.259 e. The highest BCUT2D eigenvalue weighted by Gasteiger charge is 2.45. The van der Waals surface area contributed by atoms with Crippen LogP contribution in [-0.4, -0.2) is 77.9 Å². The lowest BCUT2D eigenvalue weighted by molar-refractivity contribution is -0.277. The van der Waals surface area contributed by atoms with Crippen LogP contribution in [0.3, 0.4) is 0 Å². The number of fused-ring (bicyclic) bond motifs is 1. The lowest BCUT2D eigenvalue weighted by atomic mass is 9.99. The predicted molar refractivity (Wildman–Crippen MR) is 131 cm³/mol.